The molecule has 2 saturated heterocycles. The Bertz CT molecular complexity index is 828. The average molecular weight is 345 g/mol. The fraction of sp³-hybridized carbons (Fsp3) is 0.588. The standard InChI is InChI=1S/C17H23N5O3/c23-12-3-7-21(8-4-12)17(25)13-10-19-22-14(9-15(24)20-16(13)22)11-1-5-18-6-2-11/h9-12,18,23H,1-8H2,(H,20,24). The molecule has 8 nitrogen and oxygen atoms in total. The normalized spacial score (nSPS) is 20.3. The van der Waals surface area contributed by atoms with Gasteiger partial charge in [0.15, 0.2) is 0 Å². The molecule has 0 radical (unpaired) electrons. The van der Waals surface area contributed by atoms with Gasteiger partial charge in [0.25, 0.3) is 11.5 Å². The molecule has 2 aliphatic heterocycles. The summed E-state index contributed by atoms with van der Waals surface area (Å²) in [5, 5.41) is 17.3. The van der Waals surface area contributed by atoms with Crippen molar-refractivity contribution in [2.24, 2.45) is 0 Å². The van der Waals surface area contributed by atoms with Gasteiger partial charge in [0.2, 0.25) is 0 Å². The van der Waals surface area contributed by atoms with Crippen LogP contribution in [0.15, 0.2) is 17.1 Å². The van der Waals surface area contributed by atoms with Crippen LogP contribution in [0.1, 0.15) is 47.7 Å². The summed E-state index contributed by atoms with van der Waals surface area (Å²) >= 11 is 0. The van der Waals surface area contributed by atoms with Crippen LogP contribution in [0.5, 0.6) is 0 Å². The summed E-state index contributed by atoms with van der Waals surface area (Å²) < 4.78 is 1.71. The lowest BCUT2D eigenvalue weighted by Gasteiger charge is -2.29. The molecular weight excluding hydrogens is 322 g/mol. The second-order valence-electron chi connectivity index (χ2n) is 6.92. The number of hydrogen-bond acceptors (Lipinski definition) is 5. The molecule has 25 heavy (non-hydrogen) atoms. The molecule has 2 aliphatic rings. The van der Waals surface area contributed by atoms with E-state index in [9.17, 15) is 14.7 Å². The van der Waals surface area contributed by atoms with E-state index in [0.717, 1.165) is 31.6 Å². The number of aromatic amines is 1. The molecule has 2 fully saturated rings. The number of hydrogen-bond donors (Lipinski definition) is 3. The number of nitrogens with zero attached hydrogens (tertiary/aromatic N) is 3. The third-order valence-corrected chi connectivity index (χ3v) is 5.27. The Kier molecular flexibility index (Phi) is 4.30. The van der Waals surface area contributed by atoms with Crippen LogP contribution in [0.3, 0.4) is 0 Å². The first-order valence-electron chi connectivity index (χ1n) is 8.92. The Morgan fingerprint density at radius 1 is 1.20 bits per heavy atom. The second-order valence-corrected chi connectivity index (χ2v) is 6.92. The van der Waals surface area contributed by atoms with E-state index in [1.54, 1.807) is 21.7 Å². The fourth-order valence-corrected chi connectivity index (χ4v) is 3.82. The summed E-state index contributed by atoms with van der Waals surface area (Å²) in [5.41, 5.74) is 1.56. The van der Waals surface area contributed by atoms with Crippen molar-refractivity contribution < 1.29 is 9.90 Å². The van der Waals surface area contributed by atoms with Gasteiger partial charge in [-0.1, -0.05) is 0 Å². The molecule has 134 valence electrons. The lowest BCUT2D eigenvalue weighted by Crippen LogP contribution is -2.40. The number of nitrogens with one attached hydrogen (secondary N) is 2. The highest BCUT2D eigenvalue weighted by Crippen LogP contribution is 2.25. The van der Waals surface area contributed by atoms with Gasteiger partial charge in [-0.2, -0.15) is 5.10 Å². The highest BCUT2D eigenvalue weighted by Gasteiger charge is 2.27. The van der Waals surface area contributed by atoms with Crippen molar-refractivity contribution in [3.63, 3.8) is 0 Å². The fourth-order valence-electron chi connectivity index (χ4n) is 3.82. The van der Waals surface area contributed by atoms with Gasteiger partial charge in [0, 0.05) is 25.1 Å². The van der Waals surface area contributed by atoms with E-state index in [-0.39, 0.29) is 23.5 Å². The predicted molar refractivity (Wildman–Crippen MR) is 91.8 cm³/mol. The number of aliphatic hydroxyl groups is 1. The number of aliphatic hydroxyl groups excluding tert-OH is 1. The Balaban J connectivity index is 1.70. The molecule has 8 heteroatoms. The Morgan fingerprint density at radius 2 is 1.92 bits per heavy atom. The van der Waals surface area contributed by atoms with E-state index < -0.39 is 0 Å². The van der Waals surface area contributed by atoms with E-state index >= 15 is 0 Å². The molecule has 0 aliphatic carbocycles. The van der Waals surface area contributed by atoms with E-state index in [4.69, 9.17) is 0 Å². The maximum Gasteiger partial charge on any atom is 0.259 e. The molecule has 0 atom stereocenters. The quantitative estimate of drug-likeness (QED) is 0.716. The van der Waals surface area contributed by atoms with Crippen molar-refractivity contribution in [2.45, 2.75) is 37.7 Å². The molecule has 0 aromatic carbocycles. The first-order valence-corrected chi connectivity index (χ1v) is 8.92. The van der Waals surface area contributed by atoms with Crippen molar-refractivity contribution in [1.29, 1.82) is 0 Å². The Labute approximate surface area is 144 Å². The van der Waals surface area contributed by atoms with Gasteiger partial charge in [-0.25, -0.2) is 4.52 Å². The summed E-state index contributed by atoms with van der Waals surface area (Å²) in [4.78, 5) is 29.5. The van der Waals surface area contributed by atoms with Gasteiger partial charge in [-0.3, -0.25) is 9.59 Å². The summed E-state index contributed by atoms with van der Waals surface area (Å²) in [6.07, 6.45) is 4.28. The first-order chi connectivity index (χ1) is 12.1. The number of piperidine rings is 2. The number of amides is 1. The minimum Gasteiger partial charge on any atom is -0.393 e. The monoisotopic (exact) mass is 345 g/mol. The molecule has 0 saturated carbocycles. The van der Waals surface area contributed by atoms with Crippen LogP contribution < -0.4 is 10.9 Å². The molecule has 1 amide bonds. The molecule has 0 bridgehead atoms. The number of aromatic nitrogens is 3. The van der Waals surface area contributed by atoms with E-state index in [1.165, 1.54) is 0 Å². The van der Waals surface area contributed by atoms with Crippen LogP contribution in [0.25, 0.3) is 5.65 Å². The third-order valence-electron chi connectivity index (χ3n) is 5.27. The maximum atomic E-state index is 12.8. The van der Waals surface area contributed by atoms with Crippen molar-refractivity contribution in [1.82, 2.24) is 24.8 Å². The number of rotatable bonds is 2. The Morgan fingerprint density at radius 3 is 2.64 bits per heavy atom. The van der Waals surface area contributed by atoms with Gasteiger partial charge in [-0.15, -0.1) is 0 Å². The summed E-state index contributed by atoms with van der Waals surface area (Å²) in [5.74, 6) is 0.124. The molecule has 4 rings (SSSR count). The number of H-pyrrole nitrogens is 1. The van der Waals surface area contributed by atoms with Crippen molar-refractivity contribution in [3.8, 4) is 0 Å². The number of carbonyl (C=O) groups is 1. The molecule has 4 heterocycles. The Hall–Kier alpha value is -2.19. The summed E-state index contributed by atoms with van der Waals surface area (Å²) in [7, 11) is 0. The number of likely N-dealkylation sites (tertiary alicyclic amines) is 1. The molecule has 0 unspecified atom stereocenters. The number of fused-ring (bicyclic) bond motifs is 1. The van der Waals surface area contributed by atoms with Gasteiger partial charge < -0.3 is 20.3 Å². The van der Waals surface area contributed by atoms with E-state index in [0.29, 0.717) is 37.1 Å². The van der Waals surface area contributed by atoms with E-state index in [1.807, 2.05) is 0 Å². The first kappa shape index (κ1) is 16.3. The molecule has 3 N–H and O–H groups in total. The van der Waals surface area contributed by atoms with Crippen LogP contribution >= 0.6 is 0 Å². The SMILES string of the molecule is O=C(c1cnn2c(C3CCNCC3)cc(=O)[nH]c12)N1CCC(O)CC1. The van der Waals surface area contributed by atoms with Crippen LogP contribution in [0, 0.1) is 0 Å². The molecular formula is C17H23N5O3. The van der Waals surface area contributed by atoms with Crippen molar-refractivity contribution >= 4 is 11.6 Å². The lowest BCUT2D eigenvalue weighted by molar-refractivity contribution is 0.0548. The average Bonchev–Trinajstić information content (AvgIpc) is 3.05. The summed E-state index contributed by atoms with van der Waals surface area (Å²) in [6.45, 7) is 2.88. The highest BCUT2D eigenvalue weighted by atomic mass is 16.3. The van der Waals surface area contributed by atoms with Gasteiger partial charge in [0.05, 0.1) is 18.0 Å². The highest BCUT2D eigenvalue weighted by molar-refractivity contribution is 5.99. The van der Waals surface area contributed by atoms with Gasteiger partial charge >= 0.3 is 0 Å². The zero-order valence-corrected chi connectivity index (χ0v) is 14.1. The molecule has 0 spiro atoms. The van der Waals surface area contributed by atoms with Crippen LogP contribution in [0.2, 0.25) is 0 Å². The second kappa shape index (κ2) is 6.61. The largest absolute Gasteiger partial charge is 0.393 e. The van der Waals surface area contributed by atoms with Crippen LogP contribution in [-0.4, -0.2) is 62.8 Å². The smallest absolute Gasteiger partial charge is 0.259 e. The van der Waals surface area contributed by atoms with Crippen LogP contribution in [-0.2, 0) is 0 Å². The maximum absolute atomic E-state index is 12.8. The molecule has 2 aromatic heterocycles. The molecule has 2 aromatic rings. The van der Waals surface area contributed by atoms with Crippen molar-refractivity contribution in [2.75, 3.05) is 26.2 Å². The zero-order valence-electron chi connectivity index (χ0n) is 14.1. The summed E-state index contributed by atoms with van der Waals surface area (Å²) in [6, 6.07) is 1.60. The van der Waals surface area contributed by atoms with Crippen molar-refractivity contribution in [3.05, 3.63) is 33.9 Å². The topological polar surface area (TPSA) is 103 Å². The predicted octanol–water partition coefficient (Wildman–Crippen LogP) is 0.0865. The van der Waals surface area contributed by atoms with Gasteiger partial charge in [-0.05, 0) is 38.8 Å². The van der Waals surface area contributed by atoms with Gasteiger partial charge in [0.1, 0.15) is 11.2 Å². The minimum absolute atomic E-state index is 0.139. The lowest BCUT2D eigenvalue weighted by atomic mass is 9.94. The zero-order chi connectivity index (χ0) is 17.4. The van der Waals surface area contributed by atoms with Crippen LogP contribution in [0.4, 0.5) is 0 Å². The third kappa shape index (κ3) is 3.07. The number of carbonyl (C=O) groups excluding carboxylic acids is 1. The van der Waals surface area contributed by atoms with E-state index in [2.05, 4.69) is 15.4 Å². The minimum atomic E-state index is -0.334.